The second-order valence-corrected chi connectivity index (χ2v) is 9.89. The molecule has 0 heterocycles. The number of aromatic hydroxyl groups is 1. The van der Waals surface area contributed by atoms with Gasteiger partial charge < -0.3 is 14.6 Å². The van der Waals surface area contributed by atoms with E-state index < -0.39 is 0 Å². The molecule has 1 aromatic carbocycles. The summed E-state index contributed by atoms with van der Waals surface area (Å²) in [5.74, 6) is 1.45. The molecule has 0 saturated heterocycles. The number of hydrogen-bond donors (Lipinski definition) is 1. The molecule has 0 aromatic heterocycles. The molecule has 31 heavy (non-hydrogen) atoms. The Morgan fingerprint density at radius 2 is 1.94 bits per heavy atom. The molecule has 2 atom stereocenters. The maximum Gasteiger partial charge on any atom is 0.189 e. The Morgan fingerprint density at radius 3 is 2.58 bits per heavy atom. The third-order valence-electron chi connectivity index (χ3n) is 6.77. The number of phenolic OH excluding ortho intramolecular Hbond substituents is 1. The van der Waals surface area contributed by atoms with Crippen molar-refractivity contribution in [2.75, 3.05) is 13.4 Å². The average Bonchev–Trinajstić information content (AvgIpc) is 2.71. The fourth-order valence-corrected chi connectivity index (χ4v) is 4.69. The molecular formula is C28H44O3. The molecule has 174 valence electrons. The van der Waals surface area contributed by atoms with Crippen LogP contribution in [0, 0.1) is 5.92 Å². The van der Waals surface area contributed by atoms with Gasteiger partial charge in [-0.1, -0.05) is 70.3 Å². The predicted molar refractivity (Wildman–Crippen MR) is 131 cm³/mol. The van der Waals surface area contributed by atoms with Crippen LogP contribution in [0.2, 0.25) is 0 Å². The maximum absolute atomic E-state index is 11.3. The quantitative estimate of drug-likeness (QED) is 0.208. The molecule has 0 bridgehead atoms. The van der Waals surface area contributed by atoms with Gasteiger partial charge in [0.1, 0.15) is 11.5 Å². The SMILES string of the molecule is C=C(C)C1CCC(C)=CC1c1c(O)cc(C(C)(C)CCCCCC)cc1OCOCC. The molecule has 0 fully saturated rings. The predicted octanol–water partition coefficient (Wildman–Crippen LogP) is 8.03. The van der Waals surface area contributed by atoms with E-state index in [2.05, 4.69) is 53.3 Å². The van der Waals surface area contributed by atoms with Crippen molar-refractivity contribution in [3.63, 3.8) is 0 Å². The topological polar surface area (TPSA) is 38.7 Å². The highest BCUT2D eigenvalue weighted by Crippen LogP contribution is 2.48. The Labute approximate surface area is 190 Å². The molecule has 0 radical (unpaired) electrons. The first-order chi connectivity index (χ1) is 14.7. The van der Waals surface area contributed by atoms with Crippen LogP contribution >= 0.6 is 0 Å². The van der Waals surface area contributed by atoms with Crippen LogP contribution in [0.15, 0.2) is 35.9 Å². The highest BCUT2D eigenvalue weighted by atomic mass is 16.7. The van der Waals surface area contributed by atoms with Gasteiger partial charge in [-0.2, -0.15) is 0 Å². The first-order valence-corrected chi connectivity index (χ1v) is 12.1. The summed E-state index contributed by atoms with van der Waals surface area (Å²) in [6.45, 7) is 18.0. The molecule has 3 heteroatoms. The lowest BCUT2D eigenvalue weighted by atomic mass is 9.72. The van der Waals surface area contributed by atoms with Crippen molar-refractivity contribution in [2.24, 2.45) is 5.92 Å². The molecular weight excluding hydrogens is 384 g/mol. The monoisotopic (exact) mass is 428 g/mol. The summed E-state index contributed by atoms with van der Waals surface area (Å²) >= 11 is 0. The Bertz CT molecular complexity index is 760. The third-order valence-corrected chi connectivity index (χ3v) is 6.77. The first-order valence-electron chi connectivity index (χ1n) is 12.1. The summed E-state index contributed by atoms with van der Waals surface area (Å²) in [5.41, 5.74) is 4.49. The molecule has 1 aliphatic rings. The van der Waals surface area contributed by atoms with Gasteiger partial charge in [0.25, 0.3) is 0 Å². The number of ether oxygens (including phenoxy) is 2. The van der Waals surface area contributed by atoms with Crippen molar-refractivity contribution in [2.45, 2.75) is 97.8 Å². The van der Waals surface area contributed by atoms with E-state index in [-0.39, 0.29) is 18.1 Å². The van der Waals surface area contributed by atoms with E-state index in [1.807, 2.05) is 13.0 Å². The summed E-state index contributed by atoms with van der Waals surface area (Å²) in [7, 11) is 0. The average molecular weight is 429 g/mol. The van der Waals surface area contributed by atoms with Crippen molar-refractivity contribution in [3.05, 3.63) is 47.1 Å². The van der Waals surface area contributed by atoms with Crippen molar-refractivity contribution in [3.8, 4) is 11.5 Å². The molecule has 1 aromatic rings. The van der Waals surface area contributed by atoms with Crippen LogP contribution in [-0.2, 0) is 10.2 Å². The third kappa shape index (κ3) is 6.87. The second kappa shape index (κ2) is 11.8. The van der Waals surface area contributed by atoms with Crippen molar-refractivity contribution in [1.82, 2.24) is 0 Å². The van der Waals surface area contributed by atoms with Crippen LogP contribution in [0.25, 0.3) is 0 Å². The highest BCUT2D eigenvalue weighted by molar-refractivity contribution is 5.53. The highest BCUT2D eigenvalue weighted by Gasteiger charge is 2.32. The van der Waals surface area contributed by atoms with Crippen LogP contribution in [0.3, 0.4) is 0 Å². The summed E-state index contributed by atoms with van der Waals surface area (Å²) in [5, 5.41) is 11.3. The van der Waals surface area contributed by atoms with E-state index in [1.165, 1.54) is 31.3 Å². The van der Waals surface area contributed by atoms with Crippen molar-refractivity contribution >= 4 is 0 Å². The molecule has 0 saturated carbocycles. The summed E-state index contributed by atoms with van der Waals surface area (Å²) < 4.78 is 11.6. The van der Waals surface area contributed by atoms with Gasteiger partial charge in [-0.3, -0.25) is 0 Å². The van der Waals surface area contributed by atoms with Gasteiger partial charge in [-0.05, 0) is 69.1 Å². The molecule has 2 rings (SSSR count). The lowest BCUT2D eigenvalue weighted by molar-refractivity contribution is 0.0213. The summed E-state index contributed by atoms with van der Waals surface area (Å²) in [6.07, 6.45) is 10.5. The second-order valence-electron chi connectivity index (χ2n) is 9.89. The van der Waals surface area contributed by atoms with E-state index in [4.69, 9.17) is 9.47 Å². The maximum atomic E-state index is 11.3. The summed E-state index contributed by atoms with van der Waals surface area (Å²) in [6, 6.07) is 4.11. The van der Waals surface area contributed by atoms with Gasteiger partial charge in [0, 0.05) is 18.1 Å². The summed E-state index contributed by atoms with van der Waals surface area (Å²) in [4.78, 5) is 0. The van der Waals surface area contributed by atoms with Gasteiger partial charge in [0.2, 0.25) is 0 Å². The lowest BCUT2D eigenvalue weighted by Gasteiger charge is -2.33. The van der Waals surface area contributed by atoms with Gasteiger partial charge in [-0.15, -0.1) is 0 Å². The number of allylic oxidation sites excluding steroid dienone is 3. The fourth-order valence-electron chi connectivity index (χ4n) is 4.69. The first kappa shape index (κ1) is 25.5. The number of unbranched alkanes of at least 4 members (excludes halogenated alkanes) is 3. The van der Waals surface area contributed by atoms with E-state index >= 15 is 0 Å². The Balaban J connectivity index is 2.45. The van der Waals surface area contributed by atoms with Crippen molar-refractivity contribution < 1.29 is 14.6 Å². The van der Waals surface area contributed by atoms with Crippen molar-refractivity contribution in [1.29, 1.82) is 0 Å². The standard InChI is InChI=1S/C28H44O3/c1-8-10-11-12-15-28(6,7)22-17-25(29)27(26(18-22)31-19-30-9-2)24-16-21(5)13-14-23(24)20(3)4/h16-18,23-24,29H,3,8-15,19H2,1-2,4-7H3. The van der Waals surface area contributed by atoms with E-state index in [9.17, 15) is 5.11 Å². The van der Waals surface area contributed by atoms with Gasteiger partial charge in [-0.25, -0.2) is 0 Å². The Kier molecular flexibility index (Phi) is 9.68. The molecule has 1 aliphatic carbocycles. The van der Waals surface area contributed by atoms with E-state index in [1.54, 1.807) is 0 Å². The van der Waals surface area contributed by atoms with Crippen LogP contribution < -0.4 is 4.74 Å². The molecule has 3 nitrogen and oxygen atoms in total. The fraction of sp³-hybridized carbons (Fsp3) is 0.643. The zero-order chi connectivity index (χ0) is 23.0. The molecule has 1 N–H and O–H groups in total. The van der Waals surface area contributed by atoms with Crippen LogP contribution in [0.4, 0.5) is 0 Å². The minimum Gasteiger partial charge on any atom is -0.507 e. The van der Waals surface area contributed by atoms with Crippen LogP contribution in [0.1, 0.15) is 104 Å². The van der Waals surface area contributed by atoms with E-state index in [0.29, 0.717) is 18.3 Å². The van der Waals surface area contributed by atoms with Crippen LogP contribution in [-0.4, -0.2) is 18.5 Å². The lowest BCUT2D eigenvalue weighted by Crippen LogP contribution is -2.21. The van der Waals surface area contributed by atoms with Crippen LogP contribution in [0.5, 0.6) is 11.5 Å². The number of rotatable bonds is 12. The van der Waals surface area contributed by atoms with Gasteiger partial charge >= 0.3 is 0 Å². The minimum absolute atomic E-state index is 0.0282. The smallest absolute Gasteiger partial charge is 0.189 e. The molecule has 0 spiro atoms. The van der Waals surface area contributed by atoms with Gasteiger partial charge in [0.05, 0.1) is 0 Å². The number of hydrogen-bond acceptors (Lipinski definition) is 3. The largest absolute Gasteiger partial charge is 0.507 e. The normalized spacial score (nSPS) is 19.2. The zero-order valence-electron chi connectivity index (χ0n) is 20.7. The van der Waals surface area contributed by atoms with E-state index in [0.717, 1.165) is 41.7 Å². The van der Waals surface area contributed by atoms with Gasteiger partial charge in [0.15, 0.2) is 6.79 Å². The minimum atomic E-state index is -0.0282. The Morgan fingerprint density at radius 1 is 1.19 bits per heavy atom. The zero-order valence-corrected chi connectivity index (χ0v) is 20.7. The molecule has 0 amide bonds. The molecule has 0 aliphatic heterocycles. The molecule has 2 unspecified atom stereocenters. The number of phenols is 1. The Hall–Kier alpha value is -1.74. The number of benzene rings is 1.